The van der Waals surface area contributed by atoms with E-state index in [2.05, 4.69) is 29.4 Å². The van der Waals surface area contributed by atoms with E-state index < -0.39 is 5.54 Å². The Morgan fingerprint density at radius 2 is 1.85 bits per heavy atom. The van der Waals surface area contributed by atoms with Gasteiger partial charge in [0.15, 0.2) is 0 Å². The number of likely N-dealkylation sites (tertiary alicyclic amines) is 2. The largest absolute Gasteiger partial charge is 0.369 e. The maximum absolute atomic E-state index is 13.1. The van der Waals surface area contributed by atoms with Crippen molar-refractivity contribution in [2.75, 3.05) is 36.8 Å². The summed E-state index contributed by atoms with van der Waals surface area (Å²) in [5, 5.41) is 6.50. The normalized spacial score (nSPS) is 25.1. The number of carbonyl (C=O) groups is 2. The molecule has 2 saturated heterocycles. The van der Waals surface area contributed by atoms with Gasteiger partial charge < -0.3 is 20.4 Å². The van der Waals surface area contributed by atoms with Crippen LogP contribution in [0.15, 0.2) is 24.3 Å². The molecular formula is C21H30N4O2. The van der Waals surface area contributed by atoms with Gasteiger partial charge in [0.25, 0.3) is 0 Å². The monoisotopic (exact) mass is 370 g/mol. The van der Waals surface area contributed by atoms with Crippen LogP contribution in [0, 0.1) is 5.92 Å². The number of carbonyl (C=O) groups excluding carboxylic acids is 2. The Balaban J connectivity index is 1.40. The van der Waals surface area contributed by atoms with E-state index in [-0.39, 0.29) is 17.7 Å². The van der Waals surface area contributed by atoms with E-state index in [1.807, 2.05) is 29.2 Å². The molecule has 0 bridgehead atoms. The number of para-hydroxylation sites is 2. The van der Waals surface area contributed by atoms with Crippen molar-refractivity contribution in [3.8, 4) is 0 Å². The summed E-state index contributed by atoms with van der Waals surface area (Å²) in [6.45, 7) is 7.63. The highest BCUT2D eigenvalue weighted by Crippen LogP contribution is 2.36. The van der Waals surface area contributed by atoms with Gasteiger partial charge in [0, 0.05) is 25.7 Å². The number of anilines is 2. The van der Waals surface area contributed by atoms with Gasteiger partial charge in [-0.05, 0) is 58.2 Å². The fraction of sp³-hybridized carbons (Fsp3) is 0.619. The molecule has 2 N–H and O–H groups in total. The molecule has 0 aromatic heterocycles. The van der Waals surface area contributed by atoms with Gasteiger partial charge in [-0.1, -0.05) is 12.1 Å². The highest BCUT2D eigenvalue weighted by Gasteiger charge is 2.45. The molecule has 2 amide bonds. The summed E-state index contributed by atoms with van der Waals surface area (Å²) in [5.41, 5.74) is 1.21. The predicted molar refractivity (Wildman–Crippen MR) is 107 cm³/mol. The van der Waals surface area contributed by atoms with Crippen LogP contribution >= 0.6 is 0 Å². The number of nitrogens with one attached hydrogen (secondary N) is 2. The van der Waals surface area contributed by atoms with Crippen LogP contribution in [0.4, 0.5) is 11.4 Å². The predicted octanol–water partition coefficient (Wildman–Crippen LogP) is 2.53. The maximum atomic E-state index is 13.1. The van der Waals surface area contributed by atoms with Gasteiger partial charge >= 0.3 is 0 Å². The molecule has 3 heterocycles. The van der Waals surface area contributed by atoms with E-state index in [1.54, 1.807) is 0 Å². The summed E-state index contributed by atoms with van der Waals surface area (Å²) >= 11 is 0. The summed E-state index contributed by atoms with van der Waals surface area (Å²) < 4.78 is 0. The second-order valence-corrected chi connectivity index (χ2v) is 8.46. The van der Waals surface area contributed by atoms with Crippen LogP contribution in [0.5, 0.6) is 0 Å². The molecule has 1 spiro atoms. The Labute approximate surface area is 161 Å². The quantitative estimate of drug-likeness (QED) is 0.840. The Morgan fingerprint density at radius 3 is 2.56 bits per heavy atom. The molecule has 0 saturated carbocycles. The fourth-order valence-electron chi connectivity index (χ4n) is 4.65. The number of nitrogens with zero attached hydrogens (tertiary/aromatic N) is 2. The van der Waals surface area contributed by atoms with Crippen LogP contribution < -0.4 is 10.6 Å². The molecule has 2 fully saturated rings. The molecule has 1 atom stereocenters. The second-order valence-electron chi connectivity index (χ2n) is 8.46. The SMILES string of the molecule is CC(C)N1CCC[C@H](C(=O)N2CCC3(CC2)Nc2ccccc2NC3=O)C1. The Morgan fingerprint density at radius 1 is 1.15 bits per heavy atom. The summed E-state index contributed by atoms with van der Waals surface area (Å²) in [6.07, 6.45) is 3.38. The van der Waals surface area contributed by atoms with Gasteiger partial charge in [-0.2, -0.15) is 0 Å². The molecule has 6 nitrogen and oxygen atoms in total. The lowest BCUT2D eigenvalue weighted by Crippen LogP contribution is -2.60. The van der Waals surface area contributed by atoms with E-state index in [4.69, 9.17) is 0 Å². The smallest absolute Gasteiger partial charge is 0.250 e. The van der Waals surface area contributed by atoms with Gasteiger partial charge in [-0.3, -0.25) is 9.59 Å². The average Bonchev–Trinajstić information content (AvgIpc) is 2.69. The molecule has 0 unspecified atom stereocenters. The molecule has 0 aliphatic carbocycles. The van der Waals surface area contributed by atoms with Gasteiger partial charge in [0.2, 0.25) is 11.8 Å². The highest BCUT2D eigenvalue weighted by atomic mass is 16.2. The minimum atomic E-state index is -0.596. The van der Waals surface area contributed by atoms with E-state index in [1.165, 1.54) is 0 Å². The molecule has 27 heavy (non-hydrogen) atoms. The van der Waals surface area contributed by atoms with Crippen LogP contribution in [0.1, 0.15) is 39.5 Å². The Kier molecular flexibility index (Phi) is 4.84. The molecular weight excluding hydrogens is 340 g/mol. The van der Waals surface area contributed by atoms with Gasteiger partial charge in [0.1, 0.15) is 5.54 Å². The van der Waals surface area contributed by atoms with E-state index >= 15 is 0 Å². The lowest BCUT2D eigenvalue weighted by atomic mass is 9.83. The molecule has 6 heteroatoms. The van der Waals surface area contributed by atoms with Crippen molar-refractivity contribution in [3.05, 3.63) is 24.3 Å². The number of benzene rings is 1. The first-order valence-corrected chi connectivity index (χ1v) is 10.2. The van der Waals surface area contributed by atoms with Crippen molar-refractivity contribution in [3.63, 3.8) is 0 Å². The van der Waals surface area contributed by atoms with Gasteiger partial charge in [-0.15, -0.1) is 0 Å². The second kappa shape index (κ2) is 7.15. The first-order chi connectivity index (χ1) is 13.0. The van der Waals surface area contributed by atoms with Crippen molar-refractivity contribution in [2.24, 2.45) is 5.92 Å². The first-order valence-electron chi connectivity index (χ1n) is 10.2. The molecule has 146 valence electrons. The first kappa shape index (κ1) is 18.3. The maximum Gasteiger partial charge on any atom is 0.250 e. The summed E-state index contributed by atoms with van der Waals surface area (Å²) in [4.78, 5) is 30.2. The molecule has 1 aromatic rings. The summed E-state index contributed by atoms with van der Waals surface area (Å²) in [6, 6.07) is 8.29. The van der Waals surface area contributed by atoms with Crippen LogP contribution in [-0.4, -0.2) is 59.4 Å². The third kappa shape index (κ3) is 3.43. The lowest BCUT2D eigenvalue weighted by Gasteiger charge is -2.45. The molecule has 0 radical (unpaired) electrons. The number of hydrogen-bond acceptors (Lipinski definition) is 4. The zero-order valence-electron chi connectivity index (χ0n) is 16.3. The number of piperidine rings is 2. The van der Waals surface area contributed by atoms with E-state index in [9.17, 15) is 9.59 Å². The van der Waals surface area contributed by atoms with Crippen LogP contribution in [0.25, 0.3) is 0 Å². The van der Waals surface area contributed by atoms with Crippen molar-refractivity contribution in [1.29, 1.82) is 0 Å². The number of rotatable bonds is 2. The van der Waals surface area contributed by atoms with E-state index in [0.29, 0.717) is 32.0 Å². The van der Waals surface area contributed by atoms with Crippen LogP contribution in [0.3, 0.4) is 0 Å². The Hall–Kier alpha value is -2.08. The van der Waals surface area contributed by atoms with Crippen LogP contribution in [0.2, 0.25) is 0 Å². The van der Waals surface area contributed by atoms with E-state index in [0.717, 1.165) is 37.3 Å². The molecule has 4 rings (SSSR count). The minimum absolute atomic E-state index is 0.0250. The lowest BCUT2D eigenvalue weighted by molar-refractivity contribution is -0.140. The zero-order chi connectivity index (χ0) is 19.0. The summed E-state index contributed by atoms with van der Waals surface area (Å²) in [5.74, 6) is 0.396. The third-order valence-corrected chi connectivity index (χ3v) is 6.44. The number of fused-ring (bicyclic) bond motifs is 1. The molecule has 3 aliphatic heterocycles. The summed E-state index contributed by atoms with van der Waals surface area (Å²) in [7, 11) is 0. The molecule has 1 aromatic carbocycles. The number of hydrogen-bond donors (Lipinski definition) is 2. The fourth-order valence-corrected chi connectivity index (χ4v) is 4.65. The average molecular weight is 370 g/mol. The van der Waals surface area contributed by atoms with Crippen molar-refractivity contribution in [2.45, 2.75) is 51.1 Å². The van der Waals surface area contributed by atoms with Gasteiger partial charge in [-0.25, -0.2) is 0 Å². The molecule has 3 aliphatic rings. The zero-order valence-corrected chi connectivity index (χ0v) is 16.3. The van der Waals surface area contributed by atoms with Crippen molar-refractivity contribution in [1.82, 2.24) is 9.80 Å². The topological polar surface area (TPSA) is 64.7 Å². The number of amides is 2. The van der Waals surface area contributed by atoms with Crippen molar-refractivity contribution >= 4 is 23.2 Å². The highest BCUT2D eigenvalue weighted by molar-refractivity contribution is 6.06. The van der Waals surface area contributed by atoms with Crippen LogP contribution in [-0.2, 0) is 9.59 Å². The van der Waals surface area contributed by atoms with Crippen molar-refractivity contribution < 1.29 is 9.59 Å². The van der Waals surface area contributed by atoms with Gasteiger partial charge in [0.05, 0.1) is 17.3 Å². The minimum Gasteiger partial charge on any atom is -0.369 e. The Bertz CT molecular complexity index is 725. The third-order valence-electron chi connectivity index (χ3n) is 6.44. The standard InChI is InChI=1S/C21H30N4O2/c1-15(2)25-11-5-6-16(14-25)19(26)24-12-9-21(10-13-24)20(27)22-17-7-3-4-8-18(17)23-21/h3-4,7-8,15-16,23H,5-6,9-14H2,1-2H3,(H,22,27)/t16-/m0/s1.